The molecule has 324 valence electrons. The number of carbonyl (C=O) groups is 1. The van der Waals surface area contributed by atoms with Crippen LogP contribution < -0.4 is 14.4 Å². The van der Waals surface area contributed by atoms with Crippen LogP contribution in [0.25, 0.3) is 0 Å². The number of nitrogens with zero attached hydrogens (tertiary/aromatic N) is 2. The Kier molecular flexibility index (Phi) is 11.9. The summed E-state index contributed by atoms with van der Waals surface area (Å²) in [5.74, 6) is 2.14. The van der Waals surface area contributed by atoms with E-state index in [1.807, 2.05) is 25.1 Å². The van der Waals surface area contributed by atoms with E-state index in [1.165, 1.54) is 37.7 Å². The van der Waals surface area contributed by atoms with Gasteiger partial charge in [0, 0.05) is 47.0 Å². The van der Waals surface area contributed by atoms with Gasteiger partial charge in [0.25, 0.3) is 5.91 Å². The van der Waals surface area contributed by atoms with Crippen LogP contribution in [0.3, 0.4) is 0 Å². The monoisotopic (exact) mass is 849 g/mol. The van der Waals surface area contributed by atoms with E-state index in [0.29, 0.717) is 49.6 Å². The molecule has 3 aliphatic heterocycles. The maximum atomic E-state index is 14.5. The Morgan fingerprint density at radius 1 is 0.898 bits per heavy atom. The first kappa shape index (κ1) is 42.0. The summed E-state index contributed by atoms with van der Waals surface area (Å²) in [5.41, 5.74) is 4.73. The molecule has 2 bridgehead atoms. The number of carbonyl (C=O) groups excluding carboxylic acids is 1. The molecular weight excluding hydrogens is 782 g/mol. The number of hydrogen-bond acceptors (Lipinski definition) is 8. The fourth-order valence-corrected chi connectivity index (χ4v) is 13.7. The molecule has 1 spiro atoms. The van der Waals surface area contributed by atoms with E-state index in [2.05, 4.69) is 40.7 Å². The maximum Gasteiger partial charge on any atom is 0.264 e. The number of likely N-dealkylation sites (N-methyl/N-ethyl adjacent to an activating group) is 1. The summed E-state index contributed by atoms with van der Waals surface area (Å²) >= 11 is 6.58. The van der Waals surface area contributed by atoms with Crippen LogP contribution >= 0.6 is 11.6 Å². The highest BCUT2D eigenvalue weighted by atomic mass is 35.5. The molecule has 1 amide bonds. The van der Waals surface area contributed by atoms with Crippen molar-refractivity contribution in [2.75, 3.05) is 45.3 Å². The van der Waals surface area contributed by atoms with Crippen LogP contribution in [0, 0.1) is 35.5 Å². The lowest BCUT2D eigenvalue weighted by Gasteiger charge is -2.54. The molecule has 3 unspecified atom stereocenters. The van der Waals surface area contributed by atoms with Crippen LogP contribution in [0.2, 0.25) is 5.02 Å². The molecule has 1 saturated heterocycles. The molecule has 9 rings (SSSR count). The van der Waals surface area contributed by atoms with Crippen molar-refractivity contribution in [2.45, 2.75) is 146 Å². The van der Waals surface area contributed by atoms with Gasteiger partial charge < -0.3 is 24.0 Å². The molecule has 4 saturated carbocycles. The summed E-state index contributed by atoms with van der Waals surface area (Å²) in [6.07, 6.45) is 17.0. The molecule has 0 radical (unpaired) electrons. The zero-order chi connectivity index (χ0) is 41.1. The van der Waals surface area contributed by atoms with Crippen molar-refractivity contribution < 1.29 is 27.4 Å². The summed E-state index contributed by atoms with van der Waals surface area (Å²) in [6.45, 7) is 6.97. The third-order valence-electron chi connectivity index (χ3n) is 16.5. The summed E-state index contributed by atoms with van der Waals surface area (Å²) in [6, 6.07) is 10.4. The van der Waals surface area contributed by atoms with Crippen molar-refractivity contribution in [3.63, 3.8) is 0 Å². The number of ether oxygens (including phenoxy) is 3. The van der Waals surface area contributed by atoms with Gasteiger partial charge in [0.15, 0.2) is 5.79 Å². The van der Waals surface area contributed by atoms with Crippen molar-refractivity contribution in [1.82, 2.24) is 9.62 Å². The molecule has 7 atom stereocenters. The molecular formula is C48H68ClN3O6S. The zero-order valence-electron chi connectivity index (χ0n) is 36.0. The van der Waals surface area contributed by atoms with Gasteiger partial charge in [-0.05, 0) is 157 Å². The SMILES string of the molecule is C[C@@H]1[C@@H](C)CCCC2(OCC(N(C)C)CO2)[C@@H]2CC[C@H]2CN2CCCCc3cc(Cl)ccc3COc3c2cc(cc3C23CCCC2C(CCC2CC2)C3)C(=O)NS1(=O)=O. The molecule has 1 N–H and O–H groups in total. The second kappa shape index (κ2) is 16.7. The van der Waals surface area contributed by atoms with E-state index < -0.39 is 27.0 Å². The lowest BCUT2D eigenvalue weighted by molar-refractivity contribution is -0.329. The minimum atomic E-state index is -3.98. The zero-order valence-corrected chi connectivity index (χ0v) is 37.6. The van der Waals surface area contributed by atoms with E-state index in [4.69, 9.17) is 25.8 Å². The van der Waals surface area contributed by atoms with Crippen LogP contribution in [0.15, 0.2) is 30.3 Å². The normalized spacial score (nSPS) is 36.2. The fraction of sp³-hybridized carbons (Fsp3) is 0.729. The third kappa shape index (κ3) is 8.21. The molecule has 4 aliphatic carbocycles. The quantitative estimate of drug-likeness (QED) is 0.318. The number of fused-ring (bicyclic) bond motifs is 5. The first-order valence-corrected chi connectivity index (χ1v) is 25.1. The second-order valence-corrected chi connectivity index (χ2v) is 22.6. The molecule has 2 aromatic rings. The minimum absolute atomic E-state index is 0.0966. The van der Waals surface area contributed by atoms with Gasteiger partial charge in [-0.3, -0.25) is 4.79 Å². The summed E-state index contributed by atoms with van der Waals surface area (Å²) in [4.78, 5) is 19.2. The molecule has 9 nitrogen and oxygen atoms in total. The highest BCUT2D eigenvalue weighted by Gasteiger charge is 2.58. The number of benzene rings is 2. The standard InChI is InChI=1S/C48H68ClN3O6S/c1-31-9-7-21-48(57-29-40(30-58-48)51(3)4)42-19-17-36(42)27-52-22-6-5-10-34-23-39(49)18-16-37(34)28-56-45-43(24-38(25-44(45)52)46(53)50-59(54,55)32(31)2)47-20-8-11-41(47)35(26-47)15-14-33-12-13-33/h16,18,23-25,31-33,35-36,40-42H,5-15,17,19-22,26-30H2,1-4H3,(H,50,53)/t31-,32+,35?,36-,40?,41?,42+,47?,48?/m0/s1. The van der Waals surface area contributed by atoms with Gasteiger partial charge in [-0.15, -0.1) is 0 Å². The Bertz CT molecular complexity index is 1980. The maximum absolute atomic E-state index is 14.5. The Hall–Kier alpha value is -2.37. The van der Waals surface area contributed by atoms with E-state index >= 15 is 0 Å². The first-order chi connectivity index (χ1) is 28.4. The van der Waals surface area contributed by atoms with E-state index in [9.17, 15) is 13.2 Å². The molecule has 11 heteroatoms. The Morgan fingerprint density at radius 2 is 1.69 bits per heavy atom. The molecule has 7 aliphatic rings. The van der Waals surface area contributed by atoms with Crippen molar-refractivity contribution in [1.29, 1.82) is 0 Å². The Balaban J connectivity index is 1.16. The Labute approximate surface area is 358 Å². The van der Waals surface area contributed by atoms with Crippen LogP contribution in [-0.4, -0.2) is 76.7 Å². The van der Waals surface area contributed by atoms with Gasteiger partial charge >= 0.3 is 0 Å². The number of hydrogen-bond donors (Lipinski definition) is 1. The summed E-state index contributed by atoms with van der Waals surface area (Å²) in [7, 11) is 0.183. The topological polar surface area (TPSA) is 97.4 Å². The van der Waals surface area contributed by atoms with Gasteiger partial charge in [0.2, 0.25) is 10.0 Å². The number of rotatable bonds is 5. The van der Waals surface area contributed by atoms with Crippen molar-refractivity contribution in [3.8, 4) is 5.75 Å². The first-order valence-electron chi connectivity index (χ1n) is 23.2. The second-order valence-electron chi connectivity index (χ2n) is 20.2. The summed E-state index contributed by atoms with van der Waals surface area (Å²) < 4.78 is 51.8. The number of anilines is 1. The molecule has 0 aromatic heterocycles. The van der Waals surface area contributed by atoms with E-state index in [0.717, 1.165) is 111 Å². The molecule has 2 aromatic carbocycles. The van der Waals surface area contributed by atoms with Crippen molar-refractivity contribution in [3.05, 3.63) is 57.6 Å². The lowest BCUT2D eigenvalue weighted by Crippen LogP contribution is -2.59. The van der Waals surface area contributed by atoms with Crippen molar-refractivity contribution >= 4 is 33.2 Å². The smallest absolute Gasteiger partial charge is 0.264 e. The minimum Gasteiger partial charge on any atom is -0.486 e. The predicted octanol–water partition coefficient (Wildman–Crippen LogP) is 9.28. The fourth-order valence-electron chi connectivity index (χ4n) is 12.2. The Morgan fingerprint density at radius 3 is 2.44 bits per heavy atom. The number of sulfonamides is 1. The molecule has 5 fully saturated rings. The average Bonchev–Trinajstić information content (AvgIpc) is 3.96. The van der Waals surface area contributed by atoms with Gasteiger partial charge in [-0.2, -0.15) is 0 Å². The number of amides is 1. The number of nitrogens with one attached hydrogen (secondary N) is 1. The van der Waals surface area contributed by atoms with Crippen LogP contribution in [-0.2, 0) is 37.9 Å². The average molecular weight is 851 g/mol. The van der Waals surface area contributed by atoms with Crippen molar-refractivity contribution in [2.24, 2.45) is 35.5 Å². The van der Waals surface area contributed by atoms with Crippen LogP contribution in [0.1, 0.15) is 137 Å². The van der Waals surface area contributed by atoms with E-state index in [-0.39, 0.29) is 23.3 Å². The van der Waals surface area contributed by atoms with Gasteiger partial charge in [-0.25, -0.2) is 13.1 Å². The highest BCUT2D eigenvalue weighted by molar-refractivity contribution is 7.90. The largest absolute Gasteiger partial charge is 0.486 e. The van der Waals surface area contributed by atoms with Gasteiger partial charge in [0.05, 0.1) is 30.2 Å². The third-order valence-corrected chi connectivity index (χ3v) is 18.6. The summed E-state index contributed by atoms with van der Waals surface area (Å²) in [5, 5.41) is -0.00373. The molecule has 3 heterocycles. The van der Waals surface area contributed by atoms with Crippen LogP contribution in [0.5, 0.6) is 5.75 Å². The number of aryl methyl sites for hydroxylation is 1. The molecule has 59 heavy (non-hydrogen) atoms. The van der Waals surface area contributed by atoms with Crippen LogP contribution in [0.4, 0.5) is 5.69 Å². The van der Waals surface area contributed by atoms with Gasteiger partial charge in [-0.1, -0.05) is 50.3 Å². The van der Waals surface area contributed by atoms with Gasteiger partial charge in [0.1, 0.15) is 12.4 Å². The highest BCUT2D eigenvalue weighted by Crippen LogP contribution is 2.66. The van der Waals surface area contributed by atoms with E-state index in [1.54, 1.807) is 6.92 Å². The number of halogens is 1. The predicted molar refractivity (Wildman–Crippen MR) is 234 cm³/mol. The lowest BCUT2D eigenvalue weighted by atomic mass is 9.51.